The zero-order valence-corrected chi connectivity index (χ0v) is 9.39. The predicted molar refractivity (Wildman–Crippen MR) is 64.7 cm³/mol. The Balaban J connectivity index is 2.14. The molecular weight excluding hydrogens is 182 g/mol. The molecule has 0 saturated carbocycles. The average molecular weight is 201 g/mol. The lowest BCUT2D eigenvalue weighted by Crippen LogP contribution is -2.24. The molecule has 1 aromatic carbocycles. The fraction of sp³-hybridized carbons (Fsp3) is 0.429. The first-order valence-electron chi connectivity index (χ1n) is 5.73. The smallest absolute Gasteiger partial charge is 0.0529 e. The third kappa shape index (κ3) is 2.29. The summed E-state index contributed by atoms with van der Waals surface area (Å²) >= 11 is 0. The minimum absolute atomic E-state index is 0.399. The molecule has 0 aromatic heterocycles. The van der Waals surface area contributed by atoms with Gasteiger partial charge in [0.05, 0.1) is 6.04 Å². The molecule has 0 radical (unpaired) electrons. The van der Waals surface area contributed by atoms with Gasteiger partial charge in [-0.2, -0.15) is 0 Å². The molecule has 0 N–H and O–H groups in total. The van der Waals surface area contributed by atoms with E-state index in [0.29, 0.717) is 6.04 Å². The van der Waals surface area contributed by atoms with E-state index in [1.807, 2.05) is 0 Å². The molecule has 2 rings (SSSR count). The van der Waals surface area contributed by atoms with Crippen LogP contribution in [0.5, 0.6) is 0 Å². The normalized spacial score (nSPS) is 23.9. The first-order valence-corrected chi connectivity index (χ1v) is 5.73. The number of hydrogen-bond acceptors (Lipinski definition) is 1. The molecule has 0 amide bonds. The molecule has 1 heterocycles. The van der Waals surface area contributed by atoms with Crippen LogP contribution in [0.25, 0.3) is 0 Å². The maximum atomic E-state index is 3.97. The van der Waals surface area contributed by atoms with Crippen LogP contribution in [0.3, 0.4) is 0 Å². The van der Waals surface area contributed by atoms with E-state index in [1.54, 1.807) is 0 Å². The number of nitrogens with zero attached hydrogens (tertiary/aromatic N) is 1. The van der Waals surface area contributed by atoms with E-state index in [9.17, 15) is 0 Å². The SMILES string of the molecule is C=CC(c1ccccc1)N1CCC(C)C1. The van der Waals surface area contributed by atoms with Gasteiger partial charge in [0.2, 0.25) is 0 Å². The first-order chi connectivity index (χ1) is 7.31. The minimum atomic E-state index is 0.399. The molecule has 1 heteroatoms. The van der Waals surface area contributed by atoms with Gasteiger partial charge in [0.25, 0.3) is 0 Å². The molecule has 1 aromatic rings. The van der Waals surface area contributed by atoms with Crippen LogP contribution in [0.1, 0.15) is 24.9 Å². The molecule has 1 aliphatic rings. The van der Waals surface area contributed by atoms with Crippen LogP contribution in [0.2, 0.25) is 0 Å². The van der Waals surface area contributed by atoms with Crippen molar-refractivity contribution < 1.29 is 0 Å². The highest BCUT2D eigenvalue weighted by molar-refractivity contribution is 5.22. The molecule has 0 aliphatic carbocycles. The predicted octanol–water partition coefficient (Wildman–Crippen LogP) is 3.26. The summed E-state index contributed by atoms with van der Waals surface area (Å²) in [6, 6.07) is 11.0. The monoisotopic (exact) mass is 201 g/mol. The van der Waals surface area contributed by atoms with Crippen LogP contribution in [-0.4, -0.2) is 18.0 Å². The van der Waals surface area contributed by atoms with E-state index < -0.39 is 0 Å². The highest BCUT2D eigenvalue weighted by Crippen LogP contribution is 2.27. The molecular formula is C14H19N. The Labute approximate surface area is 92.4 Å². The van der Waals surface area contributed by atoms with Crippen molar-refractivity contribution in [3.8, 4) is 0 Å². The molecule has 80 valence electrons. The Morgan fingerprint density at radius 1 is 1.40 bits per heavy atom. The molecule has 2 unspecified atom stereocenters. The van der Waals surface area contributed by atoms with E-state index in [-0.39, 0.29) is 0 Å². The molecule has 2 atom stereocenters. The number of rotatable bonds is 3. The minimum Gasteiger partial charge on any atom is -0.293 e. The summed E-state index contributed by atoms with van der Waals surface area (Å²) in [5, 5.41) is 0. The van der Waals surface area contributed by atoms with Crippen LogP contribution in [0, 0.1) is 5.92 Å². The zero-order valence-electron chi connectivity index (χ0n) is 9.39. The number of benzene rings is 1. The fourth-order valence-electron chi connectivity index (χ4n) is 2.37. The van der Waals surface area contributed by atoms with Gasteiger partial charge < -0.3 is 0 Å². The van der Waals surface area contributed by atoms with Crippen LogP contribution in [0.4, 0.5) is 0 Å². The van der Waals surface area contributed by atoms with Gasteiger partial charge in [-0.25, -0.2) is 0 Å². The lowest BCUT2D eigenvalue weighted by molar-refractivity contribution is 0.279. The van der Waals surface area contributed by atoms with Gasteiger partial charge in [-0.05, 0) is 24.4 Å². The highest BCUT2D eigenvalue weighted by Gasteiger charge is 2.24. The fourth-order valence-corrected chi connectivity index (χ4v) is 2.37. The van der Waals surface area contributed by atoms with Gasteiger partial charge in [0.15, 0.2) is 0 Å². The van der Waals surface area contributed by atoms with E-state index in [1.165, 1.54) is 25.1 Å². The quantitative estimate of drug-likeness (QED) is 0.678. The summed E-state index contributed by atoms with van der Waals surface area (Å²) < 4.78 is 0. The number of likely N-dealkylation sites (tertiary alicyclic amines) is 1. The van der Waals surface area contributed by atoms with Crippen molar-refractivity contribution in [2.45, 2.75) is 19.4 Å². The van der Waals surface area contributed by atoms with Gasteiger partial charge in [-0.1, -0.05) is 43.3 Å². The third-order valence-corrected chi connectivity index (χ3v) is 3.21. The number of hydrogen-bond donors (Lipinski definition) is 0. The van der Waals surface area contributed by atoms with E-state index >= 15 is 0 Å². The lowest BCUT2D eigenvalue weighted by Gasteiger charge is -2.25. The van der Waals surface area contributed by atoms with Gasteiger partial charge in [0, 0.05) is 6.54 Å². The van der Waals surface area contributed by atoms with Crippen molar-refractivity contribution in [3.05, 3.63) is 48.6 Å². The van der Waals surface area contributed by atoms with Crippen molar-refractivity contribution >= 4 is 0 Å². The van der Waals surface area contributed by atoms with Gasteiger partial charge in [-0.3, -0.25) is 4.90 Å². The summed E-state index contributed by atoms with van der Waals surface area (Å²) in [5.74, 6) is 0.830. The molecule has 1 fully saturated rings. The second kappa shape index (κ2) is 4.63. The van der Waals surface area contributed by atoms with E-state index in [4.69, 9.17) is 0 Å². The summed E-state index contributed by atoms with van der Waals surface area (Å²) in [6.45, 7) is 8.69. The highest BCUT2D eigenvalue weighted by atomic mass is 15.2. The zero-order chi connectivity index (χ0) is 10.7. The van der Waals surface area contributed by atoms with Crippen molar-refractivity contribution in [1.82, 2.24) is 4.90 Å². The average Bonchev–Trinajstić information content (AvgIpc) is 2.68. The Hall–Kier alpha value is -1.08. The van der Waals surface area contributed by atoms with E-state index in [2.05, 4.69) is 54.8 Å². The topological polar surface area (TPSA) is 3.24 Å². The van der Waals surface area contributed by atoms with Gasteiger partial charge >= 0.3 is 0 Å². The molecule has 1 saturated heterocycles. The first kappa shape index (κ1) is 10.4. The lowest BCUT2D eigenvalue weighted by atomic mass is 10.1. The summed E-state index contributed by atoms with van der Waals surface area (Å²) in [6.07, 6.45) is 3.38. The summed E-state index contributed by atoms with van der Waals surface area (Å²) in [7, 11) is 0. The molecule has 1 nitrogen and oxygen atoms in total. The third-order valence-electron chi connectivity index (χ3n) is 3.21. The van der Waals surface area contributed by atoms with Crippen LogP contribution in [0.15, 0.2) is 43.0 Å². The molecule has 15 heavy (non-hydrogen) atoms. The molecule has 0 bridgehead atoms. The summed E-state index contributed by atoms with van der Waals surface area (Å²) in [5.41, 5.74) is 1.36. The van der Waals surface area contributed by atoms with Gasteiger partial charge in [0.1, 0.15) is 0 Å². The second-order valence-electron chi connectivity index (χ2n) is 4.48. The maximum Gasteiger partial charge on any atom is 0.0529 e. The molecule has 1 aliphatic heterocycles. The van der Waals surface area contributed by atoms with Crippen LogP contribution < -0.4 is 0 Å². The van der Waals surface area contributed by atoms with Gasteiger partial charge in [-0.15, -0.1) is 6.58 Å². The van der Waals surface area contributed by atoms with Crippen LogP contribution in [-0.2, 0) is 0 Å². The largest absolute Gasteiger partial charge is 0.293 e. The summed E-state index contributed by atoms with van der Waals surface area (Å²) in [4.78, 5) is 2.52. The standard InChI is InChI=1S/C14H19N/c1-3-14(13-7-5-4-6-8-13)15-10-9-12(2)11-15/h3-8,12,14H,1,9-11H2,2H3. The van der Waals surface area contributed by atoms with Crippen molar-refractivity contribution in [2.24, 2.45) is 5.92 Å². The Morgan fingerprint density at radius 3 is 2.67 bits per heavy atom. The second-order valence-corrected chi connectivity index (χ2v) is 4.48. The van der Waals surface area contributed by atoms with E-state index in [0.717, 1.165) is 5.92 Å². The van der Waals surface area contributed by atoms with Crippen LogP contribution >= 0.6 is 0 Å². The van der Waals surface area contributed by atoms with Crippen molar-refractivity contribution in [2.75, 3.05) is 13.1 Å². The van der Waals surface area contributed by atoms with Crippen molar-refractivity contribution in [1.29, 1.82) is 0 Å². The Bertz CT molecular complexity index is 317. The Morgan fingerprint density at radius 2 is 2.13 bits per heavy atom. The van der Waals surface area contributed by atoms with Crippen molar-refractivity contribution in [3.63, 3.8) is 0 Å². The molecule has 0 spiro atoms. The maximum absolute atomic E-state index is 3.97. The Kier molecular flexibility index (Phi) is 3.22.